The van der Waals surface area contributed by atoms with Gasteiger partial charge in [-0.3, -0.25) is 9.40 Å². The molecular formula is C10H14N4O2S2. The number of sulfonamides is 1. The maximum absolute atomic E-state index is 12.2. The summed E-state index contributed by atoms with van der Waals surface area (Å²) in [6.07, 6.45) is 1.67. The number of hydrogen-bond donors (Lipinski definition) is 2. The number of nitrogens with two attached hydrogens (primary N) is 1. The highest BCUT2D eigenvalue weighted by atomic mass is 32.2. The van der Waals surface area contributed by atoms with E-state index in [1.54, 1.807) is 32.3 Å². The van der Waals surface area contributed by atoms with Crippen LogP contribution in [0.1, 0.15) is 9.75 Å². The zero-order chi connectivity index (χ0) is 13.3. The molecule has 18 heavy (non-hydrogen) atoms. The monoisotopic (exact) mass is 286 g/mol. The summed E-state index contributed by atoms with van der Waals surface area (Å²) < 4.78 is 28.3. The van der Waals surface area contributed by atoms with Crippen LogP contribution in [0, 0.1) is 6.92 Å². The van der Waals surface area contributed by atoms with Gasteiger partial charge in [-0.2, -0.15) is 5.10 Å². The lowest BCUT2D eigenvalue weighted by atomic mass is 10.4. The van der Waals surface area contributed by atoms with Gasteiger partial charge in [-0.15, -0.1) is 11.3 Å². The highest BCUT2D eigenvalue weighted by molar-refractivity contribution is 7.93. The van der Waals surface area contributed by atoms with E-state index in [-0.39, 0.29) is 4.90 Å². The highest BCUT2D eigenvalue weighted by Gasteiger charge is 2.20. The zero-order valence-corrected chi connectivity index (χ0v) is 11.7. The van der Waals surface area contributed by atoms with Crippen LogP contribution in [0.2, 0.25) is 0 Å². The third-order valence-electron chi connectivity index (χ3n) is 2.37. The van der Waals surface area contributed by atoms with E-state index in [0.29, 0.717) is 12.4 Å². The number of anilines is 1. The summed E-state index contributed by atoms with van der Waals surface area (Å²) in [4.78, 5) is 1.83. The normalized spacial score (nSPS) is 11.7. The van der Waals surface area contributed by atoms with E-state index < -0.39 is 10.0 Å². The smallest absolute Gasteiger partial charge is 0.264 e. The van der Waals surface area contributed by atoms with Crippen molar-refractivity contribution in [2.24, 2.45) is 12.8 Å². The predicted molar refractivity (Wildman–Crippen MR) is 71.0 cm³/mol. The standard InChI is InChI=1S/C10H14N4O2S2/c1-7-9(5-8(6-11)17-7)18(15,16)13-10-3-4-14(2)12-10/h3-5H,6,11H2,1-2H3,(H,12,13). The molecule has 0 saturated carbocycles. The van der Waals surface area contributed by atoms with Gasteiger partial charge in [0.15, 0.2) is 5.82 Å². The Bertz CT molecular complexity index is 657. The molecule has 8 heteroatoms. The molecule has 0 atom stereocenters. The summed E-state index contributed by atoms with van der Waals surface area (Å²) in [6.45, 7) is 2.10. The summed E-state index contributed by atoms with van der Waals surface area (Å²) in [5.74, 6) is 0.303. The molecule has 0 fully saturated rings. The first-order valence-electron chi connectivity index (χ1n) is 5.24. The molecule has 0 spiro atoms. The van der Waals surface area contributed by atoms with Gasteiger partial charge in [0.05, 0.1) is 0 Å². The van der Waals surface area contributed by atoms with Gasteiger partial charge in [0.1, 0.15) is 4.90 Å². The minimum Gasteiger partial charge on any atom is -0.326 e. The van der Waals surface area contributed by atoms with Crippen LogP contribution < -0.4 is 10.5 Å². The van der Waals surface area contributed by atoms with Gasteiger partial charge in [-0.05, 0) is 13.0 Å². The number of aromatic nitrogens is 2. The minimum absolute atomic E-state index is 0.263. The van der Waals surface area contributed by atoms with Crippen LogP contribution in [0.25, 0.3) is 0 Å². The Morgan fingerprint density at radius 1 is 1.56 bits per heavy atom. The van der Waals surface area contributed by atoms with Gasteiger partial charge >= 0.3 is 0 Å². The zero-order valence-electron chi connectivity index (χ0n) is 10.0. The van der Waals surface area contributed by atoms with E-state index >= 15 is 0 Å². The van der Waals surface area contributed by atoms with Crippen LogP contribution in [0.3, 0.4) is 0 Å². The first-order valence-corrected chi connectivity index (χ1v) is 7.54. The van der Waals surface area contributed by atoms with E-state index in [1.165, 1.54) is 16.0 Å². The fraction of sp³-hybridized carbons (Fsp3) is 0.300. The first kappa shape index (κ1) is 13.1. The minimum atomic E-state index is -3.59. The van der Waals surface area contributed by atoms with E-state index in [0.717, 1.165) is 9.75 Å². The van der Waals surface area contributed by atoms with Gasteiger partial charge < -0.3 is 5.73 Å². The quantitative estimate of drug-likeness (QED) is 0.879. The van der Waals surface area contributed by atoms with E-state index in [2.05, 4.69) is 9.82 Å². The van der Waals surface area contributed by atoms with Crippen LogP contribution in [0.5, 0.6) is 0 Å². The number of nitrogens with one attached hydrogen (secondary N) is 1. The van der Waals surface area contributed by atoms with Gasteiger partial charge in [0, 0.05) is 35.6 Å². The molecule has 0 amide bonds. The van der Waals surface area contributed by atoms with Crippen molar-refractivity contribution in [1.29, 1.82) is 0 Å². The first-order chi connectivity index (χ1) is 8.42. The maximum atomic E-state index is 12.2. The molecule has 98 valence electrons. The largest absolute Gasteiger partial charge is 0.326 e. The second-order valence-electron chi connectivity index (χ2n) is 3.82. The van der Waals surface area contributed by atoms with Crippen molar-refractivity contribution in [1.82, 2.24) is 9.78 Å². The van der Waals surface area contributed by atoms with Crippen LogP contribution in [0.15, 0.2) is 23.2 Å². The number of aryl methyl sites for hydroxylation is 2. The molecule has 0 aliphatic heterocycles. The molecular weight excluding hydrogens is 272 g/mol. The number of nitrogens with zero attached hydrogens (tertiary/aromatic N) is 2. The predicted octanol–water partition coefficient (Wildman–Crippen LogP) is 1.05. The lowest BCUT2D eigenvalue weighted by Crippen LogP contribution is -2.13. The summed E-state index contributed by atoms with van der Waals surface area (Å²) in [5, 5.41) is 3.98. The van der Waals surface area contributed by atoms with Crippen molar-refractivity contribution >= 4 is 27.2 Å². The number of thiophene rings is 1. The highest BCUT2D eigenvalue weighted by Crippen LogP contribution is 2.26. The van der Waals surface area contributed by atoms with E-state index in [1.807, 2.05) is 0 Å². The van der Waals surface area contributed by atoms with Gasteiger partial charge in [0.25, 0.3) is 10.0 Å². The molecule has 0 aromatic carbocycles. The molecule has 0 saturated heterocycles. The second-order valence-corrected chi connectivity index (χ2v) is 6.81. The van der Waals surface area contributed by atoms with Gasteiger partial charge in [0.2, 0.25) is 0 Å². The molecule has 0 aliphatic rings. The third kappa shape index (κ3) is 2.55. The molecule has 2 aromatic heterocycles. The van der Waals surface area contributed by atoms with Crippen molar-refractivity contribution in [2.75, 3.05) is 4.72 Å². The Kier molecular flexibility index (Phi) is 3.42. The van der Waals surface area contributed by atoms with Crippen molar-refractivity contribution < 1.29 is 8.42 Å². The van der Waals surface area contributed by atoms with Crippen molar-refractivity contribution in [3.05, 3.63) is 28.1 Å². The summed E-state index contributed by atoms with van der Waals surface area (Å²) in [7, 11) is -1.87. The topological polar surface area (TPSA) is 90.0 Å². The van der Waals surface area contributed by atoms with Gasteiger partial charge in [-0.1, -0.05) is 0 Å². The second kappa shape index (κ2) is 4.71. The maximum Gasteiger partial charge on any atom is 0.264 e. The molecule has 0 bridgehead atoms. The fourth-order valence-corrected chi connectivity index (χ4v) is 4.07. The average Bonchev–Trinajstić information content (AvgIpc) is 2.84. The van der Waals surface area contributed by atoms with Crippen LogP contribution in [-0.4, -0.2) is 18.2 Å². The molecule has 2 rings (SSSR count). The van der Waals surface area contributed by atoms with Crippen LogP contribution >= 0.6 is 11.3 Å². The fourth-order valence-electron chi connectivity index (χ4n) is 1.55. The number of hydrogen-bond acceptors (Lipinski definition) is 5. The van der Waals surface area contributed by atoms with Crippen molar-refractivity contribution in [3.8, 4) is 0 Å². The number of rotatable bonds is 4. The Morgan fingerprint density at radius 2 is 2.28 bits per heavy atom. The summed E-state index contributed by atoms with van der Waals surface area (Å²) in [5.41, 5.74) is 5.51. The summed E-state index contributed by atoms with van der Waals surface area (Å²) in [6, 6.07) is 3.20. The lowest BCUT2D eigenvalue weighted by molar-refractivity contribution is 0.600. The molecule has 6 nitrogen and oxygen atoms in total. The Morgan fingerprint density at radius 3 is 2.78 bits per heavy atom. The van der Waals surface area contributed by atoms with E-state index in [4.69, 9.17) is 5.73 Å². The van der Waals surface area contributed by atoms with E-state index in [9.17, 15) is 8.42 Å². The summed E-state index contributed by atoms with van der Waals surface area (Å²) >= 11 is 1.39. The Labute approximate surface area is 109 Å². The average molecular weight is 286 g/mol. The molecule has 0 radical (unpaired) electrons. The van der Waals surface area contributed by atoms with Crippen molar-refractivity contribution in [3.63, 3.8) is 0 Å². The molecule has 0 unspecified atom stereocenters. The lowest BCUT2D eigenvalue weighted by Gasteiger charge is -2.04. The molecule has 2 heterocycles. The SMILES string of the molecule is Cc1sc(CN)cc1S(=O)(=O)Nc1ccn(C)n1. The van der Waals surface area contributed by atoms with Crippen molar-refractivity contribution in [2.45, 2.75) is 18.4 Å². The molecule has 3 N–H and O–H groups in total. The van der Waals surface area contributed by atoms with Crippen LogP contribution in [0.4, 0.5) is 5.82 Å². The van der Waals surface area contributed by atoms with Gasteiger partial charge in [-0.25, -0.2) is 8.42 Å². The molecule has 0 aliphatic carbocycles. The Hall–Kier alpha value is -1.38. The van der Waals surface area contributed by atoms with Crippen LogP contribution in [-0.2, 0) is 23.6 Å². The third-order valence-corrected chi connectivity index (χ3v) is 5.05. The molecule has 2 aromatic rings. The Balaban J connectivity index is 2.33.